The number of rotatable bonds is 4. The lowest BCUT2D eigenvalue weighted by Crippen LogP contribution is -2.39. The standard InChI is InChI=1S/C16H21N3O/c1-4-16(3,10-17)15(20)19-14-9-11(2)18-13-8-6-5-7-12(13)14/h5-9H,4,10,17H2,1-3H3,(H,18,19,20). The van der Waals surface area contributed by atoms with E-state index in [1.54, 1.807) is 0 Å². The molecule has 1 heterocycles. The Morgan fingerprint density at radius 1 is 1.40 bits per heavy atom. The predicted molar refractivity (Wildman–Crippen MR) is 82.6 cm³/mol. The van der Waals surface area contributed by atoms with Crippen LogP contribution in [0.1, 0.15) is 26.0 Å². The fourth-order valence-electron chi connectivity index (χ4n) is 2.08. The number of amides is 1. The molecule has 0 aliphatic rings. The van der Waals surface area contributed by atoms with Gasteiger partial charge >= 0.3 is 0 Å². The summed E-state index contributed by atoms with van der Waals surface area (Å²) in [4.78, 5) is 16.9. The summed E-state index contributed by atoms with van der Waals surface area (Å²) >= 11 is 0. The lowest BCUT2D eigenvalue weighted by molar-refractivity contribution is -0.124. The number of fused-ring (bicyclic) bond motifs is 1. The molecule has 0 aliphatic carbocycles. The number of benzene rings is 1. The number of carbonyl (C=O) groups is 1. The highest BCUT2D eigenvalue weighted by molar-refractivity contribution is 6.03. The first-order valence-electron chi connectivity index (χ1n) is 6.88. The molecule has 20 heavy (non-hydrogen) atoms. The van der Waals surface area contributed by atoms with Crippen molar-refractivity contribution < 1.29 is 4.79 Å². The van der Waals surface area contributed by atoms with Gasteiger partial charge in [0.1, 0.15) is 0 Å². The minimum absolute atomic E-state index is 0.0433. The van der Waals surface area contributed by atoms with Gasteiger partial charge in [-0.15, -0.1) is 0 Å². The zero-order valence-corrected chi connectivity index (χ0v) is 12.2. The molecule has 0 saturated heterocycles. The molecule has 0 radical (unpaired) electrons. The fraction of sp³-hybridized carbons (Fsp3) is 0.375. The van der Waals surface area contributed by atoms with Gasteiger partial charge in [-0.3, -0.25) is 9.78 Å². The predicted octanol–water partition coefficient (Wildman–Crippen LogP) is 2.86. The van der Waals surface area contributed by atoms with Crippen LogP contribution in [0.25, 0.3) is 10.9 Å². The number of para-hydroxylation sites is 1. The molecule has 0 spiro atoms. The minimum atomic E-state index is -0.543. The molecule has 4 heteroatoms. The summed E-state index contributed by atoms with van der Waals surface area (Å²) < 4.78 is 0. The van der Waals surface area contributed by atoms with Crippen molar-refractivity contribution in [3.05, 3.63) is 36.0 Å². The average Bonchev–Trinajstić information content (AvgIpc) is 2.46. The monoisotopic (exact) mass is 271 g/mol. The molecule has 1 amide bonds. The number of nitrogens with one attached hydrogen (secondary N) is 1. The van der Waals surface area contributed by atoms with Crippen LogP contribution in [-0.4, -0.2) is 17.4 Å². The van der Waals surface area contributed by atoms with E-state index in [0.717, 1.165) is 22.3 Å². The van der Waals surface area contributed by atoms with Gasteiger partial charge in [0.25, 0.3) is 0 Å². The van der Waals surface area contributed by atoms with Gasteiger partial charge in [-0.1, -0.05) is 25.1 Å². The number of hydrogen-bond donors (Lipinski definition) is 2. The first-order chi connectivity index (χ1) is 9.50. The highest BCUT2D eigenvalue weighted by Gasteiger charge is 2.30. The molecule has 1 atom stereocenters. The summed E-state index contributed by atoms with van der Waals surface area (Å²) in [5, 5.41) is 3.96. The van der Waals surface area contributed by atoms with Crippen LogP contribution in [0.2, 0.25) is 0 Å². The third kappa shape index (κ3) is 2.65. The number of nitrogens with two attached hydrogens (primary N) is 1. The van der Waals surface area contributed by atoms with Crippen LogP contribution in [-0.2, 0) is 4.79 Å². The lowest BCUT2D eigenvalue weighted by atomic mass is 9.86. The Labute approximate surface area is 119 Å². The highest BCUT2D eigenvalue weighted by Crippen LogP contribution is 2.26. The quantitative estimate of drug-likeness (QED) is 0.898. The Kier molecular flexibility index (Phi) is 4.04. The molecule has 106 valence electrons. The van der Waals surface area contributed by atoms with E-state index < -0.39 is 5.41 Å². The molecular weight excluding hydrogens is 250 g/mol. The Balaban J connectivity index is 2.41. The van der Waals surface area contributed by atoms with Crippen molar-refractivity contribution in [2.75, 3.05) is 11.9 Å². The van der Waals surface area contributed by atoms with Gasteiger partial charge in [-0.05, 0) is 32.4 Å². The second-order valence-electron chi connectivity index (χ2n) is 5.40. The summed E-state index contributed by atoms with van der Waals surface area (Å²) in [7, 11) is 0. The van der Waals surface area contributed by atoms with E-state index in [2.05, 4.69) is 10.3 Å². The van der Waals surface area contributed by atoms with Crippen LogP contribution >= 0.6 is 0 Å². The second kappa shape index (κ2) is 5.59. The highest BCUT2D eigenvalue weighted by atomic mass is 16.2. The van der Waals surface area contributed by atoms with Gasteiger partial charge in [-0.2, -0.15) is 0 Å². The normalized spacial score (nSPS) is 14.0. The summed E-state index contributed by atoms with van der Waals surface area (Å²) in [6.07, 6.45) is 0.706. The molecule has 0 saturated carbocycles. The van der Waals surface area contributed by atoms with Gasteiger partial charge in [0.05, 0.1) is 16.6 Å². The zero-order chi connectivity index (χ0) is 14.8. The average molecular weight is 271 g/mol. The van der Waals surface area contributed by atoms with Crippen LogP contribution in [0.3, 0.4) is 0 Å². The first kappa shape index (κ1) is 14.5. The molecule has 4 nitrogen and oxygen atoms in total. The second-order valence-corrected chi connectivity index (χ2v) is 5.40. The Morgan fingerprint density at radius 3 is 2.75 bits per heavy atom. The SMILES string of the molecule is CCC(C)(CN)C(=O)Nc1cc(C)nc2ccccc12. The maximum Gasteiger partial charge on any atom is 0.231 e. The Morgan fingerprint density at radius 2 is 2.10 bits per heavy atom. The molecule has 1 unspecified atom stereocenters. The van der Waals surface area contributed by atoms with Gasteiger partial charge in [0.15, 0.2) is 0 Å². The van der Waals surface area contributed by atoms with Crippen molar-refractivity contribution in [1.29, 1.82) is 0 Å². The van der Waals surface area contributed by atoms with Crippen molar-refractivity contribution in [3.63, 3.8) is 0 Å². The minimum Gasteiger partial charge on any atom is -0.329 e. The van der Waals surface area contributed by atoms with Gasteiger partial charge in [0.2, 0.25) is 5.91 Å². The maximum atomic E-state index is 12.4. The number of aryl methyl sites for hydroxylation is 1. The molecule has 0 bridgehead atoms. The van der Waals surface area contributed by atoms with E-state index in [9.17, 15) is 4.79 Å². The van der Waals surface area contributed by atoms with E-state index in [1.807, 2.05) is 51.1 Å². The van der Waals surface area contributed by atoms with Crippen molar-refractivity contribution in [3.8, 4) is 0 Å². The molecular formula is C16H21N3O. The molecule has 2 aromatic rings. The third-order valence-electron chi connectivity index (χ3n) is 3.87. The Hall–Kier alpha value is -1.94. The summed E-state index contributed by atoms with van der Waals surface area (Å²) in [5.41, 5.74) is 7.76. The molecule has 0 aliphatic heterocycles. The molecule has 0 fully saturated rings. The summed E-state index contributed by atoms with van der Waals surface area (Å²) in [6, 6.07) is 9.68. The van der Waals surface area contributed by atoms with E-state index in [4.69, 9.17) is 5.73 Å². The van der Waals surface area contributed by atoms with E-state index >= 15 is 0 Å². The topological polar surface area (TPSA) is 68.0 Å². The summed E-state index contributed by atoms with van der Waals surface area (Å²) in [6.45, 7) is 6.11. The first-order valence-corrected chi connectivity index (χ1v) is 6.88. The van der Waals surface area contributed by atoms with E-state index in [0.29, 0.717) is 13.0 Å². The van der Waals surface area contributed by atoms with Crippen molar-refractivity contribution in [2.24, 2.45) is 11.1 Å². The van der Waals surface area contributed by atoms with Gasteiger partial charge in [-0.25, -0.2) is 0 Å². The van der Waals surface area contributed by atoms with Crippen molar-refractivity contribution in [1.82, 2.24) is 4.98 Å². The van der Waals surface area contributed by atoms with Crippen molar-refractivity contribution >= 4 is 22.5 Å². The van der Waals surface area contributed by atoms with Crippen LogP contribution in [0.4, 0.5) is 5.69 Å². The zero-order valence-electron chi connectivity index (χ0n) is 12.2. The molecule has 2 rings (SSSR count). The lowest BCUT2D eigenvalue weighted by Gasteiger charge is -2.25. The summed E-state index contributed by atoms with van der Waals surface area (Å²) in [5.74, 6) is -0.0433. The molecule has 1 aromatic heterocycles. The number of nitrogens with zero attached hydrogens (tertiary/aromatic N) is 1. The largest absolute Gasteiger partial charge is 0.329 e. The van der Waals surface area contributed by atoms with E-state index in [-0.39, 0.29) is 5.91 Å². The van der Waals surface area contributed by atoms with Crippen LogP contribution in [0.5, 0.6) is 0 Å². The molecule has 3 N–H and O–H groups in total. The molecule has 1 aromatic carbocycles. The Bertz CT molecular complexity index is 633. The van der Waals surface area contributed by atoms with Crippen LogP contribution in [0.15, 0.2) is 30.3 Å². The number of aromatic nitrogens is 1. The maximum absolute atomic E-state index is 12.4. The van der Waals surface area contributed by atoms with Gasteiger partial charge in [0, 0.05) is 17.6 Å². The van der Waals surface area contributed by atoms with Crippen molar-refractivity contribution in [2.45, 2.75) is 27.2 Å². The third-order valence-corrected chi connectivity index (χ3v) is 3.87. The van der Waals surface area contributed by atoms with Crippen LogP contribution < -0.4 is 11.1 Å². The van der Waals surface area contributed by atoms with Gasteiger partial charge < -0.3 is 11.1 Å². The fourth-order valence-corrected chi connectivity index (χ4v) is 2.08. The smallest absolute Gasteiger partial charge is 0.231 e. The van der Waals surface area contributed by atoms with Crippen LogP contribution in [0, 0.1) is 12.3 Å². The number of pyridine rings is 1. The number of anilines is 1. The number of hydrogen-bond acceptors (Lipinski definition) is 3. The van der Waals surface area contributed by atoms with E-state index in [1.165, 1.54) is 0 Å². The number of carbonyl (C=O) groups excluding carboxylic acids is 1.